The van der Waals surface area contributed by atoms with E-state index in [1.165, 1.54) is 0 Å². The average molecular weight is 366 g/mol. The molecule has 3 N–H and O–H groups in total. The number of aliphatic imine (C=N–C) groups is 1. The van der Waals surface area contributed by atoms with Gasteiger partial charge in [-0.3, -0.25) is 14.5 Å². The molecule has 0 spiro atoms. The van der Waals surface area contributed by atoms with Crippen molar-refractivity contribution >= 4 is 17.6 Å². The summed E-state index contributed by atoms with van der Waals surface area (Å²) in [4.78, 5) is 16.2. The number of nitrogens with one attached hydrogen (secondary N) is 3. The lowest BCUT2D eigenvalue weighted by molar-refractivity contribution is -0.115. The Morgan fingerprint density at radius 3 is 2.78 bits per heavy atom. The van der Waals surface area contributed by atoms with Gasteiger partial charge in [-0.05, 0) is 44.5 Å². The van der Waals surface area contributed by atoms with E-state index in [1.807, 2.05) is 30.7 Å². The van der Waals surface area contributed by atoms with E-state index in [-0.39, 0.29) is 12.5 Å². The highest BCUT2D eigenvalue weighted by Crippen LogP contribution is 2.09. The highest BCUT2D eigenvalue weighted by atomic mass is 16.1. The Balaban J connectivity index is 1.70. The molecule has 1 aromatic heterocycles. The minimum atomic E-state index is -0.172. The summed E-state index contributed by atoms with van der Waals surface area (Å²) in [6, 6.07) is 9.23. The number of benzene rings is 1. The van der Waals surface area contributed by atoms with Crippen molar-refractivity contribution < 1.29 is 4.79 Å². The third-order valence-electron chi connectivity index (χ3n) is 3.90. The molecule has 0 radical (unpaired) electrons. The number of aromatic nitrogens is 2. The summed E-state index contributed by atoms with van der Waals surface area (Å²) >= 11 is 0. The standard InChI is InChI=1S/C20H26N6O/c1-5-17-8-6-9-18(13-17)24-19(27)14-23-20(21-4)22-10-7-11-26-16(3)12-15(2)25-26/h1,6,8-9,12-13H,7,10-11,14H2,2-4H3,(H,24,27)(H2,21,22,23). The number of carbonyl (C=O) groups is 1. The molecule has 2 rings (SSSR count). The minimum Gasteiger partial charge on any atom is -0.356 e. The Labute approximate surface area is 160 Å². The first kappa shape index (κ1) is 20.0. The summed E-state index contributed by atoms with van der Waals surface area (Å²) in [6.07, 6.45) is 6.26. The molecule has 0 fully saturated rings. The summed E-state index contributed by atoms with van der Waals surface area (Å²) in [7, 11) is 1.67. The number of hydrogen-bond acceptors (Lipinski definition) is 3. The third kappa shape index (κ3) is 6.51. The Bertz CT molecular complexity index is 846. The molecule has 0 atom stereocenters. The van der Waals surface area contributed by atoms with Gasteiger partial charge in [0.2, 0.25) is 5.91 Å². The first-order valence-electron chi connectivity index (χ1n) is 8.84. The average Bonchev–Trinajstić information content (AvgIpc) is 2.98. The van der Waals surface area contributed by atoms with Gasteiger partial charge in [0.1, 0.15) is 0 Å². The van der Waals surface area contributed by atoms with Crippen LogP contribution in [0.3, 0.4) is 0 Å². The minimum absolute atomic E-state index is 0.109. The van der Waals surface area contributed by atoms with Crippen LogP contribution in [-0.2, 0) is 11.3 Å². The summed E-state index contributed by atoms with van der Waals surface area (Å²) in [5.74, 6) is 2.95. The van der Waals surface area contributed by atoms with Gasteiger partial charge < -0.3 is 16.0 Å². The van der Waals surface area contributed by atoms with Gasteiger partial charge in [-0.25, -0.2) is 0 Å². The van der Waals surface area contributed by atoms with Gasteiger partial charge >= 0.3 is 0 Å². The third-order valence-corrected chi connectivity index (χ3v) is 3.90. The molecular formula is C20H26N6O. The van der Waals surface area contributed by atoms with Crippen molar-refractivity contribution in [2.75, 3.05) is 25.5 Å². The summed E-state index contributed by atoms with van der Waals surface area (Å²) < 4.78 is 1.99. The van der Waals surface area contributed by atoms with Crippen LogP contribution >= 0.6 is 0 Å². The number of terminal acetylenes is 1. The number of amides is 1. The molecule has 142 valence electrons. The Morgan fingerprint density at radius 1 is 1.30 bits per heavy atom. The van der Waals surface area contributed by atoms with E-state index in [1.54, 1.807) is 19.2 Å². The van der Waals surface area contributed by atoms with Crippen molar-refractivity contribution in [3.8, 4) is 12.3 Å². The van der Waals surface area contributed by atoms with E-state index < -0.39 is 0 Å². The second-order valence-corrected chi connectivity index (χ2v) is 6.13. The molecule has 7 nitrogen and oxygen atoms in total. The molecular weight excluding hydrogens is 340 g/mol. The van der Waals surface area contributed by atoms with Crippen LogP contribution in [0.1, 0.15) is 23.4 Å². The number of guanidine groups is 1. The van der Waals surface area contributed by atoms with E-state index in [9.17, 15) is 4.79 Å². The molecule has 1 aromatic carbocycles. The lowest BCUT2D eigenvalue weighted by Crippen LogP contribution is -2.41. The molecule has 1 heterocycles. The van der Waals surface area contributed by atoms with Crippen LogP contribution in [-0.4, -0.2) is 41.8 Å². The van der Waals surface area contributed by atoms with Gasteiger partial charge in [-0.1, -0.05) is 12.0 Å². The lowest BCUT2D eigenvalue weighted by Gasteiger charge is -2.12. The first-order valence-corrected chi connectivity index (χ1v) is 8.84. The van der Waals surface area contributed by atoms with Crippen LogP contribution in [0, 0.1) is 26.2 Å². The molecule has 1 amide bonds. The Hall–Kier alpha value is -3.27. The maximum Gasteiger partial charge on any atom is 0.243 e. The van der Waals surface area contributed by atoms with E-state index >= 15 is 0 Å². The highest BCUT2D eigenvalue weighted by molar-refractivity contribution is 5.95. The van der Waals surface area contributed by atoms with E-state index in [4.69, 9.17) is 6.42 Å². The van der Waals surface area contributed by atoms with Crippen molar-refractivity contribution in [1.82, 2.24) is 20.4 Å². The van der Waals surface area contributed by atoms with Gasteiger partial charge in [-0.15, -0.1) is 6.42 Å². The molecule has 0 aliphatic heterocycles. The lowest BCUT2D eigenvalue weighted by atomic mass is 10.2. The Kier molecular flexibility index (Phi) is 7.44. The number of carbonyl (C=O) groups excluding carboxylic acids is 1. The van der Waals surface area contributed by atoms with Gasteiger partial charge in [0.05, 0.1) is 12.2 Å². The molecule has 27 heavy (non-hydrogen) atoms. The zero-order valence-electron chi connectivity index (χ0n) is 16.0. The van der Waals surface area contributed by atoms with Crippen LogP contribution < -0.4 is 16.0 Å². The number of aryl methyl sites for hydroxylation is 3. The number of nitrogens with zero attached hydrogens (tertiary/aromatic N) is 3. The van der Waals surface area contributed by atoms with Crippen LogP contribution in [0.25, 0.3) is 0 Å². The number of rotatable bonds is 7. The van der Waals surface area contributed by atoms with Gasteiger partial charge in [-0.2, -0.15) is 5.10 Å². The monoisotopic (exact) mass is 366 g/mol. The predicted molar refractivity (Wildman–Crippen MR) is 109 cm³/mol. The quantitative estimate of drug-likeness (QED) is 0.301. The fraction of sp³-hybridized carbons (Fsp3) is 0.350. The van der Waals surface area contributed by atoms with Crippen molar-refractivity contribution in [3.05, 3.63) is 47.3 Å². The van der Waals surface area contributed by atoms with Crippen molar-refractivity contribution in [2.24, 2.45) is 4.99 Å². The number of hydrogen-bond donors (Lipinski definition) is 3. The molecule has 0 unspecified atom stereocenters. The van der Waals surface area contributed by atoms with Crippen molar-refractivity contribution in [3.63, 3.8) is 0 Å². The zero-order chi connectivity index (χ0) is 19.6. The molecule has 0 aliphatic carbocycles. The van der Waals surface area contributed by atoms with Gasteiger partial charge in [0.15, 0.2) is 5.96 Å². The fourth-order valence-corrected chi connectivity index (χ4v) is 2.61. The van der Waals surface area contributed by atoms with E-state index in [0.717, 1.165) is 36.5 Å². The molecule has 0 bridgehead atoms. The molecule has 0 saturated carbocycles. The van der Waals surface area contributed by atoms with Crippen molar-refractivity contribution in [1.29, 1.82) is 0 Å². The SMILES string of the molecule is C#Cc1cccc(NC(=O)CNC(=NC)NCCCn2nc(C)cc2C)c1. The molecule has 7 heteroatoms. The molecule has 0 aliphatic rings. The highest BCUT2D eigenvalue weighted by Gasteiger charge is 2.05. The molecule has 2 aromatic rings. The van der Waals surface area contributed by atoms with E-state index in [0.29, 0.717) is 11.6 Å². The van der Waals surface area contributed by atoms with Gasteiger partial charge in [0, 0.05) is 37.1 Å². The summed E-state index contributed by atoms with van der Waals surface area (Å²) in [5.41, 5.74) is 3.57. The number of anilines is 1. The maximum absolute atomic E-state index is 12.1. The smallest absolute Gasteiger partial charge is 0.243 e. The summed E-state index contributed by atoms with van der Waals surface area (Å²) in [5, 5.41) is 13.4. The van der Waals surface area contributed by atoms with Crippen LogP contribution in [0.2, 0.25) is 0 Å². The van der Waals surface area contributed by atoms with Crippen LogP contribution in [0.5, 0.6) is 0 Å². The fourth-order valence-electron chi connectivity index (χ4n) is 2.61. The summed E-state index contributed by atoms with van der Waals surface area (Å²) in [6.45, 7) is 5.70. The topological polar surface area (TPSA) is 83.3 Å². The zero-order valence-corrected chi connectivity index (χ0v) is 16.0. The second-order valence-electron chi connectivity index (χ2n) is 6.13. The van der Waals surface area contributed by atoms with Crippen molar-refractivity contribution in [2.45, 2.75) is 26.8 Å². The first-order chi connectivity index (χ1) is 13.0. The predicted octanol–water partition coefficient (Wildman–Crippen LogP) is 1.68. The van der Waals surface area contributed by atoms with Crippen LogP contribution in [0.15, 0.2) is 35.3 Å². The molecule has 0 saturated heterocycles. The van der Waals surface area contributed by atoms with E-state index in [2.05, 4.69) is 38.0 Å². The van der Waals surface area contributed by atoms with Gasteiger partial charge in [0.25, 0.3) is 0 Å². The Morgan fingerprint density at radius 2 is 2.11 bits per heavy atom. The second kappa shape index (κ2) is 10.0. The van der Waals surface area contributed by atoms with Crippen LogP contribution in [0.4, 0.5) is 5.69 Å². The normalized spacial score (nSPS) is 11.0. The largest absolute Gasteiger partial charge is 0.356 e. The maximum atomic E-state index is 12.1.